The fourth-order valence-corrected chi connectivity index (χ4v) is 1.07. The number of aliphatic imine (C=N–C) groups is 1. The van der Waals surface area contributed by atoms with Crippen LogP contribution in [0.2, 0.25) is 0 Å². The van der Waals surface area contributed by atoms with Crippen molar-refractivity contribution >= 4 is 5.90 Å². The predicted molar refractivity (Wildman–Crippen MR) is 51.5 cm³/mol. The van der Waals surface area contributed by atoms with Gasteiger partial charge in [0.05, 0.1) is 5.54 Å². The normalized spacial score (nSPS) is 25.4. The lowest BCUT2D eigenvalue weighted by Gasteiger charge is -2.31. The summed E-state index contributed by atoms with van der Waals surface area (Å²) in [5, 5.41) is 0. The molecule has 0 saturated heterocycles. The van der Waals surface area contributed by atoms with Gasteiger partial charge < -0.3 is 4.74 Å². The first-order valence-electron chi connectivity index (χ1n) is 4.55. The maximum Gasteiger partial charge on any atom is 0.187 e. The van der Waals surface area contributed by atoms with E-state index in [1.807, 2.05) is 0 Å². The largest absolute Gasteiger partial charge is 0.472 e. The summed E-state index contributed by atoms with van der Waals surface area (Å²) >= 11 is 0. The van der Waals surface area contributed by atoms with Crippen molar-refractivity contribution in [1.82, 2.24) is 0 Å². The molecule has 0 saturated carbocycles. The molecule has 1 aliphatic rings. The Morgan fingerprint density at radius 3 is 1.83 bits per heavy atom. The zero-order chi connectivity index (χ0) is 9.57. The summed E-state index contributed by atoms with van der Waals surface area (Å²) in [7, 11) is 0. The molecule has 0 N–H and O–H groups in total. The molecule has 0 bridgehead atoms. The number of hydrogen-bond donors (Lipinski definition) is 0. The molecule has 0 amide bonds. The summed E-state index contributed by atoms with van der Waals surface area (Å²) in [5.74, 6) is 1.29. The molecule has 0 fully saturated rings. The molecular weight excluding hydrogens is 150 g/mol. The average Bonchev–Trinajstić information content (AvgIpc) is 2.03. The van der Waals surface area contributed by atoms with Crippen molar-refractivity contribution in [3.8, 4) is 0 Å². The van der Waals surface area contributed by atoms with Crippen LogP contribution in [0, 0.1) is 5.92 Å². The lowest BCUT2D eigenvalue weighted by molar-refractivity contribution is 0.0568. The molecule has 2 nitrogen and oxygen atoms in total. The van der Waals surface area contributed by atoms with Crippen LogP contribution < -0.4 is 0 Å². The summed E-state index contributed by atoms with van der Waals surface area (Å²) in [6.07, 6.45) is 0. The molecule has 0 aromatic carbocycles. The van der Waals surface area contributed by atoms with Gasteiger partial charge in [-0.1, -0.05) is 13.8 Å². The van der Waals surface area contributed by atoms with Crippen molar-refractivity contribution in [2.45, 2.75) is 52.7 Å². The number of rotatable bonds is 1. The van der Waals surface area contributed by atoms with Crippen LogP contribution in [0.5, 0.6) is 0 Å². The van der Waals surface area contributed by atoms with E-state index in [0.29, 0.717) is 5.92 Å². The van der Waals surface area contributed by atoms with Gasteiger partial charge in [-0.2, -0.15) is 0 Å². The molecule has 2 heteroatoms. The highest BCUT2D eigenvalue weighted by molar-refractivity contribution is 5.80. The van der Waals surface area contributed by atoms with E-state index in [4.69, 9.17) is 4.74 Å². The summed E-state index contributed by atoms with van der Waals surface area (Å²) in [4.78, 5) is 4.57. The topological polar surface area (TPSA) is 21.6 Å². The Balaban J connectivity index is 2.90. The van der Waals surface area contributed by atoms with Gasteiger partial charge in [0.15, 0.2) is 5.90 Å². The van der Waals surface area contributed by atoms with Gasteiger partial charge in [0.1, 0.15) is 5.60 Å². The molecule has 1 heterocycles. The van der Waals surface area contributed by atoms with Crippen LogP contribution in [-0.4, -0.2) is 17.0 Å². The van der Waals surface area contributed by atoms with E-state index in [9.17, 15) is 0 Å². The van der Waals surface area contributed by atoms with Crippen molar-refractivity contribution in [2.75, 3.05) is 0 Å². The van der Waals surface area contributed by atoms with Crippen LogP contribution in [0.15, 0.2) is 4.99 Å². The molecule has 0 unspecified atom stereocenters. The smallest absolute Gasteiger partial charge is 0.187 e. The lowest BCUT2D eigenvalue weighted by atomic mass is 9.87. The first-order chi connectivity index (χ1) is 5.26. The molecule has 0 aliphatic carbocycles. The third-order valence-corrected chi connectivity index (χ3v) is 2.72. The summed E-state index contributed by atoms with van der Waals surface area (Å²) < 4.78 is 5.78. The number of ether oxygens (including phenoxy) is 1. The maximum absolute atomic E-state index is 5.78. The Morgan fingerprint density at radius 1 is 1.17 bits per heavy atom. The zero-order valence-corrected chi connectivity index (χ0v) is 8.93. The van der Waals surface area contributed by atoms with E-state index in [-0.39, 0.29) is 11.1 Å². The van der Waals surface area contributed by atoms with Crippen molar-refractivity contribution in [3.63, 3.8) is 0 Å². The highest BCUT2D eigenvalue weighted by Gasteiger charge is 2.45. The van der Waals surface area contributed by atoms with Gasteiger partial charge in [0.25, 0.3) is 0 Å². The van der Waals surface area contributed by atoms with Gasteiger partial charge >= 0.3 is 0 Å². The van der Waals surface area contributed by atoms with Gasteiger partial charge in [-0.3, -0.25) is 0 Å². The molecule has 1 rings (SSSR count). The maximum atomic E-state index is 5.78. The highest BCUT2D eigenvalue weighted by Crippen LogP contribution is 2.36. The second-order valence-electron chi connectivity index (χ2n) is 4.78. The third kappa shape index (κ3) is 1.35. The minimum absolute atomic E-state index is 0.0907. The van der Waals surface area contributed by atoms with Gasteiger partial charge in [-0.05, 0) is 27.7 Å². The van der Waals surface area contributed by atoms with E-state index in [2.05, 4.69) is 46.5 Å². The average molecular weight is 169 g/mol. The predicted octanol–water partition coefficient (Wildman–Crippen LogP) is 2.63. The molecule has 0 spiro atoms. The van der Waals surface area contributed by atoms with E-state index < -0.39 is 0 Å². The quantitative estimate of drug-likeness (QED) is 0.591. The van der Waals surface area contributed by atoms with Gasteiger partial charge in [-0.25, -0.2) is 4.99 Å². The highest BCUT2D eigenvalue weighted by atomic mass is 16.5. The minimum Gasteiger partial charge on any atom is -0.472 e. The Hall–Kier alpha value is -0.530. The Labute approximate surface area is 75.0 Å². The van der Waals surface area contributed by atoms with Crippen LogP contribution in [0.25, 0.3) is 0 Å². The van der Waals surface area contributed by atoms with Gasteiger partial charge in [0, 0.05) is 5.92 Å². The standard InChI is InChI=1S/C10H19NO/c1-7(2)8-11-9(3,4)10(5,6)12-8/h7H,1-6H3. The second-order valence-corrected chi connectivity index (χ2v) is 4.78. The summed E-state index contributed by atoms with van der Waals surface area (Å²) in [6.45, 7) is 12.6. The van der Waals surface area contributed by atoms with E-state index in [1.54, 1.807) is 0 Å². The third-order valence-electron chi connectivity index (χ3n) is 2.72. The fourth-order valence-electron chi connectivity index (χ4n) is 1.07. The van der Waals surface area contributed by atoms with E-state index in [0.717, 1.165) is 5.90 Å². The molecule has 0 aromatic heterocycles. The molecule has 0 atom stereocenters. The molecule has 1 aliphatic heterocycles. The van der Waals surface area contributed by atoms with Crippen LogP contribution in [0.3, 0.4) is 0 Å². The molecule has 70 valence electrons. The van der Waals surface area contributed by atoms with Crippen LogP contribution in [-0.2, 0) is 4.74 Å². The Bertz CT molecular complexity index is 214. The van der Waals surface area contributed by atoms with E-state index in [1.165, 1.54) is 0 Å². The monoisotopic (exact) mass is 169 g/mol. The number of hydrogen-bond acceptors (Lipinski definition) is 2. The Morgan fingerprint density at radius 2 is 1.67 bits per heavy atom. The Kier molecular flexibility index (Phi) is 1.97. The summed E-state index contributed by atoms with van der Waals surface area (Å²) in [5.41, 5.74) is -0.251. The first kappa shape index (κ1) is 9.56. The van der Waals surface area contributed by atoms with E-state index >= 15 is 0 Å². The summed E-state index contributed by atoms with van der Waals surface area (Å²) in [6, 6.07) is 0. The molecular formula is C10H19NO. The SMILES string of the molecule is CC(C)C1=NC(C)(C)C(C)(C)O1. The molecule has 12 heavy (non-hydrogen) atoms. The van der Waals surface area contributed by atoms with Crippen molar-refractivity contribution in [3.05, 3.63) is 0 Å². The fraction of sp³-hybridized carbons (Fsp3) is 0.900. The van der Waals surface area contributed by atoms with Gasteiger partial charge in [0.2, 0.25) is 0 Å². The number of nitrogens with zero attached hydrogens (tertiary/aromatic N) is 1. The van der Waals surface area contributed by atoms with Crippen LogP contribution in [0.1, 0.15) is 41.5 Å². The van der Waals surface area contributed by atoms with Crippen molar-refractivity contribution in [1.29, 1.82) is 0 Å². The van der Waals surface area contributed by atoms with Gasteiger partial charge in [-0.15, -0.1) is 0 Å². The zero-order valence-electron chi connectivity index (χ0n) is 8.93. The minimum atomic E-state index is -0.160. The molecule has 0 aromatic rings. The molecule has 0 radical (unpaired) electrons. The van der Waals surface area contributed by atoms with Crippen molar-refractivity contribution < 1.29 is 4.74 Å². The van der Waals surface area contributed by atoms with Crippen molar-refractivity contribution in [2.24, 2.45) is 10.9 Å². The second kappa shape index (κ2) is 2.48. The van der Waals surface area contributed by atoms with Crippen LogP contribution >= 0.6 is 0 Å². The first-order valence-corrected chi connectivity index (χ1v) is 4.55. The lowest BCUT2D eigenvalue weighted by Crippen LogP contribution is -2.41. The van der Waals surface area contributed by atoms with Crippen LogP contribution in [0.4, 0.5) is 0 Å².